The van der Waals surface area contributed by atoms with Gasteiger partial charge >= 0.3 is 0 Å². The Balaban J connectivity index is 1.46. The number of benzene rings is 3. The van der Waals surface area contributed by atoms with Gasteiger partial charge in [0.25, 0.3) is 0 Å². The summed E-state index contributed by atoms with van der Waals surface area (Å²) in [5, 5.41) is 2.43. The van der Waals surface area contributed by atoms with Crippen LogP contribution >= 0.6 is 0 Å². The second kappa shape index (κ2) is 5.38. The number of rotatable bonds is 0. The van der Waals surface area contributed by atoms with Gasteiger partial charge in [-0.05, 0) is 75.5 Å². The molecule has 3 aromatic heterocycles. The van der Waals surface area contributed by atoms with Crippen molar-refractivity contribution in [1.82, 2.24) is 14.4 Å². The van der Waals surface area contributed by atoms with E-state index in [1.54, 1.807) is 0 Å². The summed E-state index contributed by atoms with van der Waals surface area (Å²) in [6.45, 7) is 0. The lowest BCUT2D eigenvalue weighted by Crippen LogP contribution is -1.95. The van der Waals surface area contributed by atoms with E-state index in [1.807, 2.05) is 24.7 Å². The molecule has 3 aromatic carbocycles. The van der Waals surface area contributed by atoms with Crippen LogP contribution in [0.4, 0.5) is 0 Å². The molecular weight excluding hydrogens is 378 g/mol. The maximum absolute atomic E-state index is 4.76. The van der Waals surface area contributed by atoms with Crippen LogP contribution in [0.5, 0.6) is 0 Å². The van der Waals surface area contributed by atoms with Crippen LogP contribution in [0.3, 0.4) is 0 Å². The lowest BCUT2D eigenvalue weighted by Gasteiger charge is -2.11. The van der Waals surface area contributed by atoms with Gasteiger partial charge in [-0.2, -0.15) is 0 Å². The number of aromatic nitrogens is 3. The van der Waals surface area contributed by atoms with Crippen LogP contribution in [0.15, 0.2) is 79.3 Å². The molecule has 144 valence electrons. The summed E-state index contributed by atoms with van der Waals surface area (Å²) in [7, 11) is 0. The average Bonchev–Trinajstić information content (AvgIpc) is 3.52. The standard InChI is InChI=1S/C28H17N3/c1-2-5-19-16(4-1)12-17-13-18-14-24-20(23(18)15-22(17)19)7-8-21-26(24)28-30-10-11-31(28)25-6-3-9-29-27(21)25/h1-11,13,15H,12,14H2. The van der Waals surface area contributed by atoms with Crippen molar-refractivity contribution in [1.29, 1.82) is 0 Å². The molecule has 0 unspecified atom stereocenters. The van der Waals surface area contributed by atoms with Crippen LogP contribution in [-0.4, -0.2) is 14.4 Å². The van der Waals surface area contributed by atoms with Gasteiger partial charge in [-0.3, -0.25) is 9.38 Å². The van der Waals surface area contributed by atoms with Crippen LogP contribution < -0.4 is 0 Å². The number of hydrogen-bond donors (Lipinski definition) is 0. The van der Waals surface area contributed by atoms with Crippen LogP contribution in [0.2, 0.25) is 0 Å². The van der Waals surface area contributed by atoms with Crippen molar-refractivity contribution in [2.45, 2.75) is 12.8 Å². The van der Waals surface area contributed by atoms with Crippen molar-refractivity contribution < 1.29 is 0 Å². The smallest absolute Gasteiger partial charge is 0.145 e. The molecule has 0 amide bonds. The molecule has 0 radical (unpaired) electrons. The Morgan fingerprint density at radius 2 is 1.58 bits per heavy atom. The molecule has 0 bridgehead atoms. The summed E-state index contributed by atoms with van der Waals surface area (Å²) in [5.41, 5.74) is 14.4. The topological polar surface area (TPSA) is 30.2 Å². The second-order valence-electron chi connectivity index (χ2n) is 8.68. The lowest BCUT2D eigenvalue weighted by molar-refractivity contribution is 1.21. The summed E-state index contributed by atoms with van der Waals surface area (Å²) in [5.74, 6) is 0. The number of hydrogen-bond acceptors (Lipinski definition) is 2. The van der Waals surface area contributed by atoms with E-state index in [0.717, 1.165) is 29.5 Å². The van der Waals surface area contributed by atoms with Crippen LogP contribution in [0.1, 0.15) is 22.3 Å². The van der Waals surface area contributed by atoms with E-state index >= 15 is 0 Å². The maximum Gasteiger partial charge on any atom is 0.145 e. The van der Waals surface area contributed by atoms with Gasteiger partial charge in [0, 0.05) is 29.4 Å². The molecule has 0 saturated heterocycles. The maximum atomic E-state index is 4.76. The van der Waals surface area contributed by atoms with Gasteiger partial charge < -0.3 is 0 Å². The third-order valence-electron chi connectivity index (χ3n) is 7.15. The van der Waals surface area contributed by atoms with Gasteiger partial charge in [0.1, 0.15) is 5.65 Å². The number of nitrogens with zero attached hydrogens (tertiary/aromatic N) is 3. The number of fused-ring (bicyclic) bond motifs is 13. The molecule has 0 fully saturated rings. The number of imidazole rings is 1. The predicted octanol–water partition coefficient (Wildman–Crippen LogP) is 6.18. The average molecular weight is 395 g/mol. The Hall–Kier alpha value is -3.98. The minimum absolute atomic E-state index is 0.951. The van der Waals surface area contributed by atoms with E-state index in [2.05, 4.69) is 59.0 Å². The zero-order valence-electron chi connectivity index (χ0n) is 16.8. The molecule has 0 atom stereocenters. The van der Waals surface area contributed by atoms with Crippen LogP contribution in [0, 0.1) is 0 Å². The van der Waals surface area contributed by atoms with E-state index in [1.165, 1.54) is 55.3 Å². The zero-order chi connectivity index (χ0) is 20.1. The third kappa shape index (κ3) is 1.89. The van der Waals surface area contributed by atoms with Crippen molar-refractivity contribution in [2.75, 3.05) is 0 Å². The van der Waals surface area contributed by atoms with E-state index in [9.17, 15) is 0 Å². The molecule has 0 aliphatic heterocycles. The molecular formula is C28H17N3. The van der Waals surface area contributed by atoms with Crippen LogP contribution in [0.25, 0.3) is 49.7 Å². The summed E-state index contributed by atoms with van der Waals surface area (Å²) >= 11 is 0. The highest BCUT2D eigenvalue weighted by Gasteiger charge is 2.27. The van der Waals surface area contributed by atoms with E-state index in [-0.39, 0.29) is 0 Å². The quantitative estimate of drug-likeness (QED) is 0.287. The highest BCUT2D eigenvalue weighted by Crippen LogP contribution is 2.47. The molecule has 31 heavy (non-hydrogen) atoms. The van der Waals surface area contributed by atoms with Crippen molar-refractivity contribution in [3.63, 3.8) is 0 Å². The molecule has 3 nitrogen and oxygen atoms in total. The number of pyridine rings is 2. The summed E-state index contributed by atoms with van der Waals surface area (Å²) in [6, 6.07) is 22.3. The first-order chi connectivity index (χ1) is 15.4. The third-order valence-corrected chi connectivity index (χ3v) is 7.15. The zero-order valence-corrected chi connectivity index (χ0v) is 16.8. The second-order valence-corrected chi connectivity index (χ2v) is 8.68. The highest BCUT2D eigenvalue weighted by atomic mass is 15.0. The molecule has 0 spiro atoms. The summed E-state index contributed by atoms with van der Waals surface area (Å²) in [4.78, 5) is 9.51. The van der Waals surface area contributed by atoms with Crippen LogP contribution in [-0.2, 0) is 12.8 Å². The van der Waals surface area contributed by atoms with Gasteiger partial charge in [0.2, 0.25) is 0 Å². The SMILES string of the molecule is c1ccc2c(c1)Cc1cc3c(cc1-2)-c1ccc2c4ncccc4n4ccnc4c2c1C3. The minimum Gasteiger partial charge on any atom is -0.298 e. The molecule has 8 rings (SSSR count). The van der Waals surface area contributed by atoms with Gasteiger partial charge in [0.05, 0.1) is 11.0 Å². The minimum atomic E-state index is 0.951. The fourth-order valence-electron chi connectivity index (χ4n) is 5.84. The molecule has 3 heterocycles. The fourth-order valence-corrected chi connectivity index (χ4v) is 5.84. The van der Waals surface area contributed by atoms with Crippen molar-refractivity contribution in [3.8, 4) is 22.3 Å². The largest absolute Gasteiger partial charge is 0.298 e. The first-order valence-corrected chi connectivity index (χ1v) is 10.8. The fraction of sp³-hybridized carbons (Fsp3) is 0.0714. The summed E-state index contributed by atoms with van der Waals surface area (Å²) < 4.78 is 2.18. The van der Waals surface area contributed by atoms with Gasteiger partial charge in [-0.25, -0.2) is 4.98 Å². The first-order valence-electron chi connectivity index (χ1n) is 10.8. The van der Waals surface area contributed by atoms with Gasteiger partial charge in [0.15, 0.2) is 0 Å². The Kier molecular flexibility index (Phi) is 2.74. The Bertz CT molecular complexity index is 1740. The van der Waals surface area contributed by atoms with Gasteiger partial charge in [-0.1, -0.05) is 42.5 Å². The Morgan fingerprint density at radius 1 is 0.677 bits per heavy atom. The molecule has 3 heteroatoms. The Labute approximate surface area is 178 Å². The predicted molar refractivity (Wildman–Crippen MR) is 124 cm³/mol. The van der Waals surface area contributed by atoms with Crippen molar-refractivity contribution in [3.05, 3.63) is 102 Å². The normalized spacial score (nSPS) is 13.5. The molecule has 2 aliphatic rings. The van der Waals surface area contributed by atoms with Gasteiger partial charge in [-0.15, -0.1) is 0 Å². The molecule has 0 N–H and O–H groups in total. The van der Waals surface area contributed by atoms with Crippen molar-refractivity contribution >= 4 is 27.5 Å². The molecule has 0 saturated carbocycles. The molecule has 2 aliphatic carbocycles. The Morgan fingerprint density at radius 3 is 2.58 bits per heavy atom. The first kappa shape index (κ1) is 15.8. The highest BCUT2D eigenvalue weighted by molar-refractivity contribution is 6.13. The van der Waals surface area contributed by atoms with E-state index in [0.29, 0.717) is 0 Å². The van der Waals surface area contributed by atoms with E-state index in [4.69, 9.17) is 9.97 Å². The summed E-state index contributed by atoms with van der Waals surface area (Å²) in [6.07, 6.45) is 7.82. The van der Waals surface area contributed by atoms with E-state index < -0.39 is 0 Å². The lowest BCUT2D eigenvalue weighted by atomic mass is 9.97. The van der Waals surface area contributed by atoms with Crippen molar-refractivity contribution in [2.24, 2.45) is 0 Å². The monoisotopic (exact) mass is 395 g/mol. The molecule has 6 aromatic rings.